The van der Waals surface area contributed by atoms with Crippen molar-refractivity contribution in [2.24, 2.45) is 0 Å². The summed E-state index contributed by atoms with van der Waals surface area (Å²) in [6.45, 7) is 4.78. The van der Waals surface area contributed by atoms with E-state index in [4.69, 9.17) is 9.47 Å². The van der Waals surface area contributed by atoms with Crippen LogP contribution >= 0.6 is 0 Å². The van der Waals surface area contributed by atoms with Gasteiger partial charge in [-0.1, -0.05) is 30.4 Å². The van der Waals surface area contributed by atoms with Crippen molar-refractivity contribution >= 4 is 5.97 Å². The molecule has 1 rings (SSSR count). The van der Waals surface area contributed by atoms with E-state index in [1.54, 1.807) is 0 Å². The molecule has 1 aromatic rings. The second-order valence-corrected chi connectivity index (χ2v) is 3.97. The van der Waals surface area contributed by atoms with E-state index in [2.05, 4.69) is 0 Å². The molecule has 0 bridgehead atoms. The van der Waals surface area contributed by atoms with E-state index in [1.807, 2.05) is 50.3 Å². The lowest BCUT2D eigenvalue weighted by molar-refractivity contribution is -0.142. The zero-order valence-electron chi connectivity index (χ0n) is 11.0. The highest BCUT2D eigenvalue weighted by Gasteiger charge is 2.02. The number of carbonyl (C=O) groups excluding carboxylic acids is 1. The Morgan fingerprint density at radius 1 is 1.33 bits per heavy atom. The standard InChI is InChI=1S/C15H20O3/c1-3-4-11-18-15(16)10-7-12-17-14-9-6-5-8-13(14)2/h3-6,8-9H,7,10-12H2,1-2H3/b4-3+. The predicted molar refractivity (Wildman–Crippen MR) is 71.7 cm³/mol. The van der Waals surface area contributed by atoms with E-state index in [-0.39, 0.29) is 5.97 Å². The summed E-state index contributed by atoms with van der Waals surface area (Å²) in [5.41, 5.74) is 1.10. The topological polar surface area (TPSA) is 35.5 Å². The van der Waals surface area contributed by atoms with Crippen LogP contribution in [0.4, 0.5) is 0 Å². The molecule has 0 fully saturated rings. The molecule has 0 saturated carbocycles. The van der Waals surface area contributed by atoms with Gasteiger partial charge in [0.05, 0.1) is 6.61 Å². The smallest absolute Gasteiger partial charge is 0.306 e. The quantitative estimate of drug-likeness (QED) is 0.422. The highest BCUT2D eigenvalue weighted by Crippen LogP contribution is 2.16. The first-order chi connectivity index (χ1) is 8.74. The molecule has 0 amide bonds. The highest BCUT2D eigenvalue weighted by atomic mass is 16.5. The third kappa shape index (κ3) is 5.53. The molecule has 0 radical (unpaired) electrons. The summed E-state index contributed by atoms with van der Waals surface area (Å²) in [5.74, 6) is 0.696. The minimum atomic E-state index is -0.179. The molecule has 0 aliphatic rings. The van der Waals surface area contributed by atoms with E-state index in [0.29, 0.717) is 26.1 Å². The maximum atomic E-state index is 11.3. The highest BCUT2D eigenvalue weighted by molar-refractivity contribution is 5.69. The molecule has 0 atom stereocenters. The van der Waals surface area contributed by atoms with Crippen molar-refractivity contribution < 1.29 is 14.3 Å². The molecule has 0 aliphatic carbocycles. The first-order valence-electron chi connectivity index (χ1n) is 6.19. The number of aryl methyl sites for hydroxylation is 1. The first-order valence-corrected chi connectivity index (χ1v) is 6.19. The minimum Gasteiger partial charge on any atom is -0.493 e. The van der Waals surface area contributed by atoms with E-state index < -0.39 is 0 Å². The maximum absolute atomic E-state index is 11.3. The SMILES string of the molecule is C/C=C/COC(=O)CCCOc1ccccc1C. The van der Waals surface area contributed by atoms with Crippen LogP contribution in [0.2, 0.25) is 0 Å². The molecule has 3 nitrogen and oxygen atoms in total. The van der Waals surface area contributed by atoms with Crippen LogP contribution in [0.25, 0.3) is 0 Å². The largest absolute Gasteiger partial charge is 0.493 e. The van der Waals surface area contributed by atoms with Gasteiger partial charge in [-0.25, -0.2) is 0 Å². The molecular weight excluding hydrogens is 228 g/mol. The summed E-state index contributed by atoms with van der Waals surface area (Å²) in [5, 5.41) is 0. The van der Waals surface area contributed by atoms with Gasteiger partial charge in [-0.15, -0.1) is 0 Å². The Labute approximate surface area is 108 Å². The van der Waals surface area contributed by atoms with Crippen molar-refractivity contribution in [3.05, 3.63) is 42.0 Å². The molecule has 0 saturated heterocycles. The van der Waals surface area contributed by atoms with E-state index >= 15 is 0 Å². The number of allylic oxidation sites excluding steroid dienone is 1. The molecule has 1 aromatic carbocycles. The Morgan fingerprint density at radius 2 is 2.11 bits per heavy atom. The summed E-state index contributed by atoms with van der Waals surface area (Å²) in [7, 11) is 0. The minimum absolute atomic E-state index is 0.179. The normalized spacial score (nSPS) is 10.6. The van der Waals surface area contributed by atoms with Crippen LogP contribution in [-0.4, -0.2) is 19.2 Å². The average Bonchev–Trinajstić information content (AvgIpc) is 2.37. The average molecular weight is 248 g/mol. The summed E-state index contributed by atoms with van der Waals surface area (Å²) in [4.78, 5) is 11.3. The third-order valence-electron chi connectivity index (χ3n) is 2.45. The summed E-state index contributed by atoms with van der Waals surface area (Å²) < 4.78 is 10.6. The van der Waals surface area contributed by atoms with Gasteiger partial charge in [0.25, 0.3) is 0 Å². The fourth-order valence-electron chi connectivity index (χ4n) is 1.43. The molecule has 18 heavy (non-hydrogen) atoms. The van der Waals surface area contributed by atoms with Gasteiger partial charge >= 0.3 is 5.97 Å². The molecule has 0 heterocycles. The van der Waals surface area contributed by atoms with Crippen LogP contribution in [0, 0.1) is 6.92 Å². The lowest BCUT2D eigenvalue weighted by Crippen LogP contribution is -2.07. The maximum Gasteiger partial charge on any atom is 0.306 e. The van der Waals surface area contributed by atoms with Crippen LogP contribution in [0.15, 0.2) is 36.4 Å². The number of carbonyl (C=O) groups is 1. The molecular formula is C15H20O3. The number of esters is 1. The van der Waals surface area contributed by atoms with Crippen molar-refractivity contribution in [2.45, 2.75) is 26.7 Å². The molecule has 0 aromatic heterocycles. The van der Waals surface area contributed by atoms with E-state index in [9.17, 15) is 4.79 Å². The second-order valence-electron chi connectivity index (χ2n) is 3.97. The summed E-state index contributed by atoms with van der Waals surface area (Å²) in [6.07, 6.45) is 4.72. The van der Waals surface area contributed by atoms with Crippen LogP contribution in [0.5, 0.6) is 5.75 Å². The molecule has 0 aliphatic heterocycles. The molecule has 0 unspecified atom stereocenters. The Bertz CT molecular complexity index is 396. The third-order valence-corrected chi connectivity index (χ3v) is 2.45. The lowest BCUT2D eigenvalue weighted by atomic mass is 10.2. The van der Waals surface area contributed by atoms with Gasteiger partial charge in [0, 0.05) is 6.42 Å². The fourth-order valence-corrected chi connectivity index (χ4v) is 1.43. The van der Waals surface area contributed by atoms with E-state index in [0.717, 1.165) is 11.3 Å². The number of hydrogen-bond donors (Lipinski definition) is 0. The van der Waals surface area contributed by atoms with Crippen molar-refractivity contribution in [3.8, 4) is 5.75 Å². The van der Waals surface area contributed by atoms with Crippen molar-refractivity contribution in [1.82, 2.24) is 0 Å². The molecule has 0 spiro atoms. The van der Waals surface area contributed by atoms with Crippen molar-refractivity contribution in [3.63, 3.8) is 0 Å². The Kier molecular flexibility index (Phi) is 6.62. The van der Waals surface area contributed by atoms with Gasteiger partial charge in [0.15, 0.2) is 0 Å². The van der Waals surface area contributed by atoms with Crippen molar-refractivity contribution in [2.75, 3.05) is 13.2 Å². The monoisotopic (exact) mass is 248 g/mol. The number of benzene rings is 1. The van der Waals surface area contributed by atoms with Crippen LogP contribution in [-0.2, 0) is 9.53 Å². The van der Waals surface area contributed by atoms with Crippen molar-refractivity contribution in [1.29, 1.82) is 0 Å². The second kappa shape index (κ2) is 8.34. The molecule has 3 heteroatoms. The van der Waals surface area contributed by atoms with Gasteiger partial charge < -0.3 is 9.47 Å². The number of ether oxygens (including phenoxy) is 2. The van der Waals surface area contributed by atoms with Gasteiger partial charge in [-0.3, -0.25) is 4.79 Å². The summed E-state index contributed by atoms with van der Waals surface area (Å²) >= 11 is 0. The predicted octanol–water partition coefficient (Wildman–Crippen LogP) is 3.27. The Hall–Kier alpha value is -1.77. The summed E-state index contributed by atoms with van der Waals surface area (Å²) in [6, 6.07) is 7.84. The van der Waals surface area contributed by atoms with Gasteiger partial charge in [0.1, 0.15) is 12.4 Å². The Morgan fingerprint density at radius 3 is 2.83 bits per heavy atom. The van der Waals surface area contributed by atoms with Crippen LogP contribution in [0.1, 0.15) is 25.3 Å². The number of para-hydroxylation sites is 1. The fraction of sp³-hybridized carbons (Fsp3) is 0.400. The lowest BCUT2D eigenvalue weighted by Gasteiger charge is -2.08. The Balaban J connectivity index is 2.15. The number of rotatable bonds is 7. The first kappa shape index (κ1) is 14.3. The van der Waals surface area contributed by atoms with Crippen LogP contribution < -0.4 is 4.74 Å². The molecule has 98 valence electrons. The van der Waals surface area contributed by atoms with Gasteiger partial charge in [0.2, 0.25) is 0 Å². The van der Waals surface area contributed by atoms with Gasteiger partial charge in [-0.2, -0.15) is 0 Å². The zero-order valence-corrected chi connectivity index (χ0v) is 11.0. The number of hydrogen-bond acceptors (Lipinski definition) is 3. The molecule has 0 N–H and O–H groups in total. The zero-order chi connectivity index (χ0) is 13.2. The van der Waals surface area contributed by atoms with Gasteiger partial charge in [-0.05, 0) is 31.9 Å². The van der Waals surface area contributed by atoms with Crippen LogP contribution in [0.3, 0.4) is 0 Å². The van der Waals surface area contributed by atoms with E-state index in [1.165, 1.54) is 0 Å².